The molecule has 0 aromatic carbocycles. The predicted molar refractivity (Wildman–Crippen MR) is 106 cm³/mol. The zero-order chi connectivity index (χ0) is 18.8. The van der Waals surface area contributed by atoms with Crippen LogP contribution in [0.15, 0.2) is 18.6 Å². The SMILES string of the molecule is CCCn1cc(CCc2cnc(N3C4CCC3CN(C(C)C)C4)nc2)nn1. The lowest BCUT2D eigenvalue weighted by Gasteiger charge is -2.42. The molecule has 146 valence electrons. The maximum Gasteiger partial charge on any atom is 0.225 e. The van der Waals surface area contributed by atoms with E-state index in [2.05, 4.69) is 40.9 Å². The van der Waals surface area contributed by atoms with E-state index in [0.29, 0.717) is 18.1 Å². The smallest absolute Gasteiger partial charge is 0.225 e. The highest BCUT2D eigenvalue weighted by Gasteiger charge is 2.41. The van der Waals surface area contributed by atoms with Gasteiger partial charge in [-0.25, -0.2) is 9.97 Å². The standard InChI is InChI=1S/C20H31N7/c1-4-9-26-12-17(23-24-26)6-5-16-10-21-20(22-11-16)27-18-7-8-19(27)14-25(13-18)15(2)3/h10-12,15,18-19H,4-9,13-14H2,1-3H3. The van der Waals surface area contributed by atoms with Gasteiger partial charge in [0.25, 0.3) is 0 Å². The van der Waals surface area contributed by atoms with Crippen LogP contribution in [0.2, 0.25) is 0 Å². The van der Waals surface area contributed by atoms with Crippen LogP contribution in [-0.2, 0) is 19.4 Å². The van der Waals surface area contributed by atoms with Gasteiger partial charge in [0.15, 0.2) is 0 Å². The number of anilines is 1. The van der Waals surface area contributed by atoms with Gasteiger partial charge in [-0.3, -0.25) is 9.58 Å². The van der Waals surface area contributed by atoms with Crippen molar-refractivity contribution in [1.29, 1.82) is 0 Å². The van der Waals surface area contributed by atoms with Crippen molar-refractivity contribution in [2.45, 2.75) is 77.5 Å². The maximum atomic E-state index is 4.72. The molecule has 0 spiro atoms. The lowest BCUT2D eigenvalue weighted by molar-refractivity contribution is 0.176. The van der Waals surface area contributed by atoms with Crippen molar-refractivity contribution in [3.8, 4) is 0 Å². The Balaban J connectivity index is 1.36. The molecule has 7 nitrogen and oxygen atoms in total. The fourth-order valence-corrected chi connectivity index (χ4v) is 4.36. The van der Waals surface area contributed by atoms with E-state index >= 15 is 0 Å². The van der Waals surface area contributed by atoms with Crippen molar-refractivity contribution < 1.29 is 0 Å². The molecule has 7 heteroatoms. The van der Waals surface area contributed by atoms with E-state index in [1.165, 1.54) is 12.8 Å². The first kappa shape index (κ1) is 18.3. The highest BCUT2D eigenvalue weighted by molar-refractivity contribution is 5.38. The summed E-state index contributed by atoms with van der Waals surface area (Å²) in [5, 5.41) is 8.41. The summed E-state index contributed by atoms with van der Waals surface area (Å²) in [7, 11) is 0. The van der Waals surface area contributed by atoms with Gasteiger partial charge in [-0.2, -0.15) is 0 Å². The molecule has 4 heterocycles. The van der Waals surface area contributed by atoms with Gasteiger partial charge < -0.3 is 4.90 Å². The summed E-state index contributed by atoms with van der Waals surface area (Å²) in [5.74, 6) is 0.906. The summed E-state index contributed by atoms with van der Waals surface area (Å²) in [5.41, 5.74) is 2.20. The van der Waals surface area contributed by atoms with Crippen molar-refractivity contribution in [1.82, 2.24) is 29.9 Å². The molecular formula is C20H31N7. The molecule has 27 heavy (non-hydrogen) atoms. The van der Waals surface area contributed by atoms with Crippen LogP contribution < -0.4 is 4.90 Å². The first-order valence-corrected chi connectivity index (χ1v) is 10.4. The molecule has 0 radical (unpaired) electrons. The Labute approximate surface area is 161 Å². The van der Waals surface area contributed by atoms with Crippen LogP contribution in [0.25, 0.3) is 0 Å². The third-order valence-corrected chi connectivity index (χ3v) is 5.87. The summed E-state index contributed by atoms with van der Waals surface area (Å²) in [6, 6.07) is 1.74. The van der Waals surface area contributed by atoms with E-state index in [-0.39, 0.29) is 0 Å². The van der Waals surface area contributed by atoms with Crippen LogP contribution in [-0.4, -0.2) is 61.1 Å². The fraction of sp³-hybridized carbons (Fsp3) is 0.700. The number of piperazine rings is 1. The van der Waals surface area contributed by atoms with Gasteiger partial charge in [0, 0.05) is 56.4 Å². The van der Waals surface area contributed by atoms with Crippen LogP contribution in [0.4, 0.5) is 5.95 Å². The van der Waals surface area contributed by atoms with Gasteiger partial charge in [0.1, 0.15) is 0 Å². The quantitative estimate of drug-likeness (QED) is 0.746. The third kappa shape index (κ3) is 3.98. The normalized spacial score (nSPS) is 22.7. The Morgan fingerprint density at radius 3 is 2.41 bits per heavy atom. The monoisotopic (exact) mass is 369 g/mol. The summed E-state index contributed by atoms with van der Waals surface area (Å²) >= 11 is 0. The number of aromatic nitrogens is 5. The predicted octanol–water partition coefficient (Wildman–Crippen LogP) is 2.32. The first-order chi connectivity index (χ1) is 13.1. The minimum absolute atomic E-state index is 0.561. The van der Waals surface area contributed by atoms with Gasteiger partial charge in [0.05, 0.1) is 5.69 Å². The van der Waals surface area contributed by atoms with Crippen LogP contribution in [0, 0.1) is 0 Å². The summed E-state index contributed by atoms with van der Waals surface area (Å²) in [6.07, 6.45) is 11.4. The Kier molecular flexibility index (Phi) is 5.38. The number of nitrogens with zero attached hydrogens (tertiary/aromatic N) is 7. The largest absolute Gasteiger partial charge is 0.332 e. The molecule has 2 aliphatic heterocycles. The first-order valence-electron chi connectivity index (χ1n) is 10.4. The Bertz CT molecular complexity index is 725. The highest BCUT2D eigenvalue weighted by atomic mass is 15.4. The van der Waals surface area contributed by atoms with E-state index in [0.717, 1.165) is 56.1 Å². The number of aryl methyl sites for hydroxylation is 3. The molecule has 4 rings (SSSR count). The minimum atomic E-state index is 0.561. The molecule has 2 fully saturated rings. The second-order valence-electron chi connectivity index (χ2n) is 8.20. The molecule has 0 saturated carbocycles. The molecule has 2 aromatic rings. The molecule has 2 aromatic heterocycles. The topological polar surface area (TPSA) is 63.0 Å². The zero-order valence-corrected chi connectivity index (χ0v) is 16.8. The van der Waals surface area contributed by atoms with Crippen molar-refractivity contribution >= 4 is 5.95 Å². The molecule has 2 unspecified atom stereocenters. The Morgan fingerprint density at radius 2 is 1.78 bits per heavy atom. The highest BCUT2D eigenvalue weighted by Crippen LogP contribution is 2.33. The van der Waals surface area contributed by atoms with Gasteiger partial charge in [0.2, 0.25) is 5.95 Å². The lowest BCUT2D eigenvalue weighted by Crippen LogP contribution is -2.56. The van der Waals surface area contributed by atoms with Crippen molar-refractivity contribution in [2.75, 3.05) is 18.0 Å². The van der Waals surface area contributed by atoms with Crippen LogP contribution in [0.5, 0.6) is 0 Å². The number of likely N-dealkylation sites (tertiary alicyclic amines) is 1. The van der Waals surface area contributed by atoms with Crippen molar-refractivity contribution in [2.24, 2.45) is 0 Å². The van der Waals surface area contributed by atoms with Crippen molar-refractivity contribution in [3.05, 3.63) is 29.8 Å². The molecule has 0 aliphatic carbocycles. The Morgan fingerprint density at radius 1 is 1.07 bits per heavy atom. The molecule has 0 amide bonds. The lowest BCUT2D eigenvalue weighted by atomic mass is 10.1. The summed E-state index contributed by atoms with van der Waals surface area (Å²) in [6.45, 7) is 9.92. The minimum Gasteiger partial charge on any atom is -0.332 e. The van der Waals surface area contributed by atoms with Gasteiger partial charge in [-0.15, -0.1) is 5.10 Å². The number of fused-ring (bicyclic) bond motifs is 2. The second kappa shape index (κ2) is 7.92. The number of hydrogen-bond acceptors (Lipinski definition) is 6. The summed E-state index contributed by atoms with van der Waals surface area (Å²) < 4.78 is 1.92. The van der Waals surface area contributed by atoms with Crippen LogP contribution >= 0.6 is 0 Å². The Hall–Kier alpha value is -2.02. The van der Waals surface area contributed by atoms with Crippen LogP contribution in [0.1, 0.15) is 51.3 Å². The van der Waals surface area contributed by atoms with E-state index in [9.17, 15) is 0 Å². The van der Waals surface area contributed by atoms with Gasteiger partial charge in [-0.1, -0.05) is 12.1 Å². The molecule has 2 aliphatic rings. The summed E-state index contributed by atoms with van der Waals surface area (Å²) in [4.78, 5) is 14.5. The van der Waals surface area contributed by atoms with E-state index in [1.54, 1.807) is 0 Å². The van der Waals surface area contributed by atoms with Gasteiger partial charge in [-0.05, 0) is 51.5 Å². The maximum absolute atomic E-state index is 4.72. The van der Waals surface area contributed by atoms with E-state index in [4.69, 9.17) is 9.97 Å². The molecule has 2 atom stereocenters. The molecule has 2 bridgehead atoms. The molecular weight excluding hydrogens is 338 g/mol. The third-order valence-electron chi connectivity index (χ3n) is 5.87. The van der Waals surface area contributed by atoms with Gasteiger partial charge >= 0.3 is 0 Å². The fourth-order valence-electron chi connectivity index (χ4n) is 4.36. The average Bonchev–Trinajstić information content (AvgIpc) is 3.22. The second-order valence-corrected chi connectivity index (χ2v) is 8.20. The molecule has 2 saturated heterocycles. The zero-order valence-electron chi connectivity index (χ0n) is 16.8. The van der Waals surface area contributed by atoms with E-state index in [1.807, 2.05) is 23.3 Å². The number of hydrogen-bond donors (Lipinski definition) is 0. The number of rotatable bonds is 7. The average molecular weight is 370 g/mol. The van der Waals surface area contributed by atoms with Crippen molar-refractivity contribution in [3.63, 3.8) is 0 Å². The van der Waals surface area contributed by atoms with Crippen LogP contribution in [0.3, 0.4) is 0 Å². The molecule has 0 N–H and O–H groups in total. The van der Waals surface area contributed by atoms with E-state index < -0.39 is 0 Å².